The number of rotatable bonds is 8. The van der Waals surface area contributed by atoms with Gasteiger partial charge in [-0.3, -0.25) is 4.79 Å². The van der Waals surface area contributed by atoms with Crippen LogP contribution in [0.15, 0.2) is 63.9 Å². The quantitative estimate of drug-likeness (QED) is 0.225. The molecule has 0 radical (unpaired) electrons. The van der Waals surface area contributed by atoms with Gasteiger partial charge in [0, 0.05) is 34.1 Å². The minimum atomic E-state index is -0.711. The lowest BCUT2D eigenvalue weighted by Crippen LogP contribution is -2.27. The molecular formula is C30H25ClF3N5O4. The van der Waals surface area contributed by atoms with Gasteiger partial charge in [-0.2, -0.15) is 5.16 Å². The number of ether oxygens (including phenoxy) is 2. The molecule has 1 atom stereocenters. The highest BCUT2D eigenvalue weighted by molar-refractivity contribution is 6.30. The number of hydrogen-bond acceptors (Lipinski definition) is 7. The molecule has 1 N–H and O–H groups in total. The molecule has 222 valence electrons. The summed E-state index contributed by atoms with van der Waals surface area (Å²) < 4.78 is 63.4. The molecule has 3 aromatic heterocycles. The largest absolute Gasteiger partial charge is 0.473 e. The molecule has 2 aromatic carbocycles. The van der Waals surface area contributed by atoms with E-state index in [4.69, 9.17) is 25.6 Å². The molecule has 0 spiro atoms. The Morgan fingerprint density at radius 2 is 1.86 bits per heavy atom. The number of hydrogen-bond donors (Lipinski definition) is 1. The fourth-order valence-electron chi connectivity index (χ4n) is 5.04. The van der Waals surface area contributed by atoms with Gasteiger partial charge in [0.05, 0.1) is 31.0 Å². The first-order valence-corrected chi connectivity index (χ1v) is 13.7. The number of aromatic nitrogens is 5. The molecule has 6 rings (SSSR count). The molecule has 0 saturated carbocycles. The van der Waals surface area contributed by atoms with Crippen molar-refractivity contribution in [1.29, 1.82) is 0 Å². The predicted octanol–water partition coefficient (Wildman–Crippen LogP) is 6.13. The monoisotopic (exact) mass is 611 g/mol. The van der Waals surface area contributed by atoms with Crippen LogP contribution < -0.4 is 10.3 Å². The van der Waals surface area contributed by atoms with Gasteiger partial charge in [-0.25, -0.2) is 18.2 Å². The maximum absolute atomic E-state index is 15.5. The molecule has 9 nitrogen and oxygen atoms in total. The van der Waals surface area contributed by atoms with Gasteiger partial charge < -0.3 is 18.6 Å². The van der Waals surface area contributed by atoms with Crippen LogP contribution in [0.5, 0.6) is 5.88 Å². The summed E-state index contributed by atoms with van der Waals surface area (Å²) in [5.74, 6) is -1.03. The minimum Gasteiger partial charge on any atom is -0.473 e. The van der Waals surface area contributed by atoms with Crippen molar-refractivity contribution in [2.75, 3.05) is 13.2 Å². The number of H-pyrrole nitrogens is 1. The smallest absolute Gasteiger partial charge is 0.280 e. The van der Waals surface area contributed by atoms with Crippen LogP contribution in [0.4, 0.5) is 13.2 Å². The van der Waals surface area contributed by atoms with Crippen LogP contribution in [0.2, 0.25) is 5.02 Å². The Morgan fingerprint density at radius 1 is 1.05 bits per heavy atom. The third-order valence-electron chi connectivity index (χ3n) is 7.35. The summed E-state index contributed by atoms with van der Waals surface area (Å²) in [6.07, 6.45) is -0.0967. The third kappa shape index (κ3) is 5.80. The third-order valence-corrected chi connectivity index (χ3v) is 7.58. The van der Waals surface area contributed by atoms with Gasteiger partial charge in [-0.05, 0) is 35.9 Å². The van der Waals surface area contributed by atoms with E-state index in [9.17, 15) is 9.18 Å². The number of benzene rings is 2. The Labute approximate surface area is 248 Å². The summed E-state index contributed by atoms with van der Waals surface area (Å²) in [6, 6.07) is 12.0. The highest BCUT2D eigenvalue weighted by atomic mass is 35.5. The van der Waals surface area contributed by atoms with Crippen LogP contribution >= 0.6 is 11.6 Å². The topological polar surface area (TPSA) is 108 Å². The average Bonchev–Trinajstić information content (AvgIpc) is 3.67. The van der Waals surface area contributed by atoms with Crippen LogP contribution in [-0.2, 0) is 17.8 Å². The van der Waals surface area contributed by atoms with Crippen molar-refractivity contribution < 1.29 is 27.2 Å². The van der Waals surface area contributed by atoms with E-state index < -0.39 is 23.0 Å². The highest BCUT2D eigenvalue weighted by Crippen LogP contribution is 2.40. The standard InChI is InChI=1S/C30H25ClF3N5O4/c1-30(2)15-41-14-25(30)39-26(36-37-29(39)24-12-27(40)38-43-24)9-17-8-22(34)19(11-21(17)33)23-4-3-5-28(35-23)42-13-16-6-7-18(31)10-20(16)32/h3-8,10-12,25H,9,13-15H2,1-2H3,(H,38,40)/t25-/m1/s1. The Hall–Kier alpha value is -4.42. The maximum Gasteiger partial charge on any atom is 0.280 e. The van der Waals surface area contributed by atoms with E-state index >= 15 is 8.78 Å². The van der Waals surface area contributed by atoms with E-state index in [-0.39, 0.29) is 69.4 Å². The molecule has 1 saturated heterocycles. The SMILES string of the molecule is CC1(C)COC[C@H]1n1c(Cc2cc(F)c(-c3cccc(OCc4ccc(Cl)cc4F)n3)cc2F)nnc1-c1cc(=O)[nH]o1. The van der Waals surface area contributed by atoms with Crippen molar-refractivity contribution in [3.05, 3.63) is 104 Å². The van der Waals surface area contributed by atoms with Crippen molar-refractivity contribution >= 4 is 11.6 Å². The maximum atomic E-state index is 15.5. The number of nitrogens with one attached hydrogen (secondary N) is 1. The van der Waals surface area contributed by atoms with Crippen LogP contribution in [0.3, 0.4) is 0 Å². The minimum absolute atomic E-state index is 0.0410. The van der Waals surface area contributed by atoms with Gasteiger partial charge >= 0.3 is 0 Å². The zero-order valence-corrected chi connectivity index (χ0v) is 23.8. The zero-order chi connectivity index (χ0) is 30.3. The normalized spacial score (nSPS) is 16.1. The summed E-state index contributed by atoms with van der Waals surface area (Å²) in [4.78, 5) is 16.0. The molecule has 0 aliphatic carbocycles. The summed E-state index contributed by atoms with van der Waals surface area (Å²) >= 11 is 5.80. The number of pyridine rings is 1. The first kappa shape index (κ1) is 28.7. The Kier molecular flexibility index (Phi) is 7.57. The lowest BCUT2D eigenvalue weighted by molar-refractivity contribution is 0.166. The molecule has 1 fully saturated rings. The van der Waals surface area contributed by atoms with Crippen LogP contribution in [0, 0.1) is 22.9 Å². The Morgan fingerprint density at radius 3 is 2.58 bits per heavy atom. The number of halogens is 4. The Balaban J connectivity index is 1.28. The van der Waals surface area contributed by atoms with E-state index in [1.807, 2.05) is 13.8 Å². The second kappa shape index (κ2) is 11.3. The summed E-state index contributed by atoms with van der Waals surface area (Å²) in [7, 11) is 0. The lowest BCUT2D eigenvalue weighted by atomic mass is 9.87. The fraction of sp³-hybridized carbons (Fsp3) is 0.267. The van der Waals surface area contributed by atoms with Gasteiger partial charge in [-0.1, -0.05) is 37.6 Å². The first-order chi connectivity index (χ1) is 20.6. The van der Waals surface area contributed by atoms with Crippen molar-refractivity contribution in [3.63, 3.8) is 0 Å². The van der Waals surface area contributed by atoms with Gasteiger partial charge in [0.1, 0.15) is 29.9 Å². The second-order valence-electron chi connectivity index (χ2n) is 10.9. The Bertz CT molecular complexity index is 1870. The van der Waals surface area contributed by atoms with Crippen molar-refractivity contribution in [3.8, 4) is 28.7 Å². The van der Waals surface area contributed by atoms with Crippen LogP contribution in [0.25, 0.3) is 22.8 Å². The molecule has 1 aliphatic heterocycles. The van der Waals surface area contributed by atoms with E-state index in [2.05, 4.69) is 20.3 Å². The second-order valence-corrected chi connectivity index (χ2v) is 11.3. The van der Waals surface area contributed by atoms with Gasteiger partial charge in [-0.15, -0.1) is 10.2 Å². The van der Waals surface area contributed by atoms with E-state index in [1.54, 1.807) is 10.6 Å². The first-order valence-electron chi connectivity index (χ1n) is 13.3. The molecule has 0 bridgehead atoms. The average molecular weight is 612 g/mol. The van der Waals surface area contributed by atoms with Crippen LogP contribution in [0.1, 0.15) is 36.8 Å². The van der Waals surface area contributed by atoms with Gasteiger partial charge in [0.15, 0.2) is 0 Å². The van der Waals surface area contributed by atoms with E-state index in [0.717, 1.165) is 12.1 Å². The summed E-state index contributed by atoms with van der Waals surface area (Å²) in [5, 5.41) is 11.0. The molecule has 0 amide bonds. The van der Waals surface area contributed by atoms with E-state index in [1.165, 1.54) is 36.4 Å². The molecule has 5 aromatic rings. The van der Waals surface area contributed by atoms with E-state index in [0.29, 0.717) is 19.0 Å². The summed E-state index contributed by atoms with van der Waals surface area (Å²) in [5.41, 5.74) is -0.425. The summed E-state index contributed by atoms with van der Waals surface area (Å²) in [6.45, 7) is 4.69. The zero-order valence-electron chi connectivity index (χ0n) is 23.0. The number of nitrogens with zero attached hydrogens (tertiary/aromatic N) is 4. The number of aromatic amines is 1. The molecule has 13 heteroatoms. The highest BCUT2D eigenvalue weighted by Gasteiger charge is 2.40. The molecule has 4 heterocycles. The van der Waals surface area contributed by atoms with Crippen molar-refractivity contribution in [1.82, 2.24) is 24.9 Å². The van der Waals surface area contributed by atoms with Gasteiger partial charge in [0.2, 0.25) is 17.5 Å². The molecule has 1 aliphatic rings. The van der Waals surface area contributed by atoms with Crippen molar-refractivity contribution in [2.24, 2.45) is 5.41 Å². The van der Waals surface area contributed by atoms with Gasteiger partial charge in [0.25, 0.3) is 5.56 Å². The molecule has 0 unspecified atom stereocenters. The molecule has 43 heavy (non-hydrogen) atoms. The van der Waals surface area contributed by atoms with Crippen molar-refractivity contribution in [2.45, 2.75) is 32.9 Å². The molecular weight excluding hydrogens is 587 g/mol. The predicted molar refractivity (Wildman–Crippen MR) is 150 cm³/mol. The fourth-order valence-corrected chi connectivity index (χ4v) is 5.20. The lowest BCUT2D eigenvalue weighted by Gasteiger charge is -2.27. The van der Waals surface area contributed by atoms with Crippen LogP contribution in [-0.4, -0.2) is 38.1 Å².